The zero-order valence-corrected chi connectivity index (χ0v) is 12.8. The number of imidazole rings is 1. The Labute approximate surface area is 126 Å². The van der Waals surface area contributed by atoms with Crippen LogP contribution in [-0.2, 0) is 19.4 Å². The first kappa shape index (κ1) is 15.7. The van der Waals surface area contributed by atoms with Gasteiger partial charge in [-0.3, -0.25) is 0 Å². The SMILES string of the molecule is CCCNC(Cc1ccc(F)cc1)Cc1nccn1CC. The highest BCUT2D eigenvalue weighted by Crippen LogP contribution is 2.10. The molecule has 0 aliphatic carbocycles. The summed E-state index contributed by atoms with van der Waals surface area (Å²) in [7, 11) is 0. The molecule has 0 bridgehead atoms. The summed E-state index contributed by atoms with van der Waals surface area (Å²) in [6.07, 6.45) is 6.74. The van der Waals surface area contributed by atoms with Gasteiger partial charge in [-0.1, -0.05) is 19.1 Å². The van der Waals surface area contributed by atoms with E-state index in [1.807, 2.05) is 24.5 Å². The molecule has 1 N–H and O–H groups in total. The molecule has 1 atom stereocenters. The molecule has 1 unspecified atom stereocenters. The summed E-state index contributed by atoms with van der Waals surface area (Å²) in [5.41, 5.74) is 1.15. The molecule has 0 aliphatic rings. The van der Waals surface area contributed by atoms with Crippen LogP contribution in [0.4, 0.5) is 4.39 Å². The fourth-order valence-electron chi connectivity index (χ4n) is 2.51. The van der Waals surface area contributed by atoms with E-state index in [0.29, 0.717) is 6.04 Å². The highest BCUT2D eigenvalue weighted by atomic mass is 19.1. The Kier molecular flexibility index (Phi) is 5.93. The fourth-order valence-corrected chi connectivity index (χ4v) is 2.51. The molecule has 0 saturated carbocycles. The summed E-state index contributed by atoms with van der Waals surface area (Å²) in [5.74, 6) is 0.923. The van der Waals surface area contributed by atoms with Crippen molar-refractivity contribution in [1.29, 1.82) is 0 Å². The van der Waals surface area contributed by atoms with Crippen LogP contribution < -0.4 is 5.32 Å². The minimum Gasteiger partial charge on any atom is -0.335 e. The minimum absolute atomic E-state index is 0.182. The Bertz CT molecular complexity index is 533. The van der Waals surface area contributed by atoms with Crippen molar-refractivity contribution in [3.63, 3.8) is 0 Å². The van der Waals surface area contributed by atoms with Crippen molar-refractivity contribution >= 4 is 0 Å². The Hall–Kier alpha value is -1.68. The van der Waals surface area contributed by atoms with Crippen LogP contribution in [0.2, 0.25) is 0 Å². The van der Waals surface area contributed by atoms with Gasteiger partial charge in [0.05, 0.1) is 0 Å². The minimum atomic E-state index is -0.182. The summed E-state index contributed by atoms with van der Waals surface area (Å²) in [4.78, 5) is 4.45. The Morgan fingerprint density at radius 3 is 2.62 bits per heavy atom. The summed E-state index contributed by atoms with van der Waals surface area (Å²) in [6, 6.07) is 7.10. The molecule has 21 heavy (non-hydrogen) atoms. The smallest absolute Gasteiger partial charge is 0.123 e. The molecule has 2 aromatic rings. The lowest BCUT2D eigenvalue weighted by molar-refractivity contribution is 0.485. The van der Waals surface area contributed by atoms with Crippen molar-refractivity contribution < 1.29 is 4.39 Å². The van der Waals surface area contributed by atoms with Crippen molar-refractivity contribution in [3.05, 3.63) is 53.9 Å². The lowest BCUT2D eigenvalue weighted by Gasteiger charge is -2.19. The third kappa shape index (κ3) is 4.67. The third-order valence-corrected chi connectivity index (χ3v) is 3.65. The van der Waals surface area contributed by atoms with Gasteiger partial charge in [0.2, 0.25) is 0 Å². The highest BCUT2D eigenvalue weighted by Gasteiger charge is 2.13. The molecular formula is C17H24FN3. The summed E-state index contributed by atoms with van der Waals surface area (Å²) < 4.78 is 15.2. The van der Waals surface area contributed by atoms with Crippen LogP contribution in [0.25, 0.3) is 0 Å². The van der Waals surface area contributed by atoms with Gasteiger partial charge < -0.3 is 9.88 Å². The van der Waals surface area contributed by atoms with Crippen LogP contribution in [0.3, 0.4) is 0 Å². The average Bonchev–Trinajstić information content (AvgIpc) is 2.94. The lowest BCUT2D eigenvalue weighted by Crippen LogP contribution is -2.34. The van der Waals surface area contributed by atoms with Crippen molar-refractivity contribution in [3.8, 4) is 0 Å². The number of benzene rings is 1. The molecule has 3 nitrogen and oxygen atoms in total. The maximum atomic E-state index is 13.0. The molecule has 0 fully saturated rings. The summed E-state index contributed by atoms with van der Waals surface area (Å²) in [6.45, 7) is 6.21. The number of halogens is 1. The maximum Gasteiger partial charge on any atom is 0.123 e. The quantitative estimate of drug-likeness (QED) is 0.809. The van der Waals surface area contributed by atoms with E-state index in [4.69, 9.17) is 0 Å². The Balaban J connectivity index is 2.05. The Morgan fingerprint density at radius 2 is 1.95 bits per heavy atom. The number of aromatic nitrogens is 2. The van der Waals surface area contributed by atoms with Crippen molar-refractivity contribution in [2.45, 2.75) is 45.7 Å². The molecule has 2 rings (SSSR count). The molecule has 0 spiro atoms. The third-order valence-electron chi connectivity index (χ3n) is 3.65. The molecule has 0 aliphatic heterocycles. The van der Waals surface area contributed by atoms with Gasteiger partial charge in [-0.2, -0.15) is 0 Å². The second-order valence-corrected chi connectivity index (χ2v) is 5.32. The predicted molar refractivity (Wildman–Crippen MR) is 83.8 cm³/mol. The largest absolute Gasteiger partial charge is 0.335 e. The van der Waals surface area contributed by atoms with E-state index in [9.17, 15) is 4.39 Å². The molecule has 1 aromatic heterocycles. The second kappa shape index (κ2) is 7.93. The lowest BCUT2D eigenvalue weighted by atomic mass is 10.0. The van der Waals surface area contributed by atoms with E-state index in [1.165, 1.54) is 12.1 Å². The first-order chi connectivity index (χ1) is 10.2. The van der Waals surface area contributed by atoms with Gasteiger partial charge in [0.25, 0.3) is 0 Å². The first-order valence-electron chi connectivity index (χ1n) is 7.70. The average molecular weight is 289 g/mol. The molecule has 0 radical (unpaired) electrons. The standard InChI is InChI=1S/C17H24FN3/c1-3-9-19-16(12-14-5-7-15(18)8-6-14)13-17-20-10-11-21(17)4-2/h5-8,10-11,16,19H,3-4,9,12-13H2,1-2H3. The van der Waals surface area contributed by atoms with Gasteiger partial charge in [-0.05, 0) is 44.0 Å². The van der Waals surface area contributed by atoms with E-state index in [2.05, 4.69) is 28.7 Å². The predicted octanol–water partition coefficient (Wildman–Crippen LogP) is 3.20. The molecule has 1 heterocycles. The van der Waals surface area contributed by atoms with E-state index in [0.717, 1.165) is 43.7 Å². The van der Waals surface area contributed by atoms with Crippen molar-refractivity contribution in [2.75, 3.05) is 6.54 Å². The first-order valence-corrected chi connectivity index (χ1v) is 7.70. The number of hydrogen-bond acceptors (Lipinski definition) is 2. The van der Waals surface area contributed by atoms with Gasteiger partial charge >= 0.3 is 0 Å². The number of nitrogens with one attached hydrogen (secondary N) is 1. The second-order valence-electron chi connectivity index (χ2n) is 5.32. The normalized spacial score (nSPS) is 12.5. The van der Waals surface area contributed by atoms with Crippen molar-refractivity contribution in [2.24, 2.45) is 0 Å². The molecule has 1 aromatic carbocycles. The van der Waals surface area contributed by atoms with Crippen molar-refractivity contribution in [1.82, 2.24) is 14.9 Å². The van der Waals surface area contributed by atoms with Crippen LogP contribution >= 0.6 is 0 Å². The molecule has 114 valence electrons. The fraction of sp³-hybridized carbons (Fsp3) is 0.471. The number of nitrogens with zero attached hydrogens (tertiary/aromatic N) is 2. The van der Waals surface area contributed by atoms with Gasteiger partial charge in [-0.15, -0.1) is 0 Å². The van der Waals surface area contributed by atoms with E-state index in [1.54, 1.807) is 0 Å². The van der Waals surface area contributed by atoms with E-state index >= 15 is 0 Å². The van der Waals surface area contributed by atoms with E-state index in [-0.39, 0.29) is 5.82 Å². The molecule has 0 amide bonds. The summed E-state index contributed by atoms with van der Waals surface area (Å²) in [5, 5.41) is 3.58. The summed E-state index contributed by atoms with van der Waals surface area (Å²) >= 11 is 0. The van der Waals surface area contributed by atoms with Gasteiger partial charge in [-0.25, -0.2) is 9.37 Å². The van der Waals surface area contributed by atoms with Crippen LogP contribution in [0, 0.1) is 5.82 Å². The Morgan fingerprint density at radius 1 is 1.19 bits per heavy atom. The topological polar surface area (TPSA) is 29.9 Å². The molecule has 0 saturated heterocycles. The number of hydrogen-bond donors (Lipinski definition) is 1. The zero-order chi connectivity index (χ0) is 15.1. The monoisotopic (exact) mass is 289 g/mol. The van der Waals surface area contributed by atoms with Crippen LogP contribution in [0.15, 0.2) is 36.7 Å². The molecular weight excluding hydrogens is 265 g/mol. The number of rotatable bonds is 8. The zero-order valence-electron chi connectivity index (χ0n) is 12.8. The van der Waals surface area contributed by atoms with Crippen LogP contribution in [0.5, 0.6) is 0 Å². The van der Waals surface area contributed by atoms with Gasteiger partial charge in [0.15, 0.2) is 0 Å². The van der Waals surface area contributed by atoms with Crippen LogP contribution in [0.1, 0.15) is 31.7 Å². The molecule has 4 heteroatoms. The number of aryl methyl sites for hydroxylation is 1. The van der Waals surface area contributed by atoms with Gasteiger partial charge in [0.1, 0.15) is 11.6 Å². The van der Waals surface area contributed by atoms with E-state index < -0.39 is 0 Å². The van der Waals surface area contributed by atoms with Gasteiger partial charge in [0, 0.05) is 31.4 Å². The highest BCUT2D eigenvalue weighted by molar-refractivity contribution is 5.17. The van der Waals surface area contributed by atoms with Crippen LogP contribution in [-0.4, -0.2) is 22.1 Å². The maximum absolute atomic E-state index is 13.0.